The Hall–Kier alpha value is -2.85. The SMILES string of the molecule is O=C(NS(=O)(=O)N1CCC1)c1cc(C2CC2)c(CN2CCO[C@H](Cc3ccc(F)cc3Cl)C2)cc1F.O=C(O)C(F)(F)F. The third-order valence-electron chi connectivity index (χ3n) is 7.19. The summed E-state index contributed by atoms with van der Waals surface area (Å²) in [5.41, 5.74) is 2.22. The molecule has 236 valence electrons. The van der Waals surface area contributed by atoms with Gasteiger partial charge in [-0.15, -0.1) is 0 Å². The highest BCUT2D eigenvalue weighted by Crippen LogP contribution is 2.43. The van der Waals surface area contributed by atoms with E-state index in [1.807, 2.05) is 4.72 Å². The summed E-state index contributed by atoms with van der Waals surface area (Å²) >= 11 is 6.18. The van der Waals surface area contributed by atoms with Crippen LogP contribution < -0.4 is 4.72 Å². The number of rotatable bonds is 8. The summed E-state index contributed by atoms with van der Waals surface area (Å²) in [6.45, 7) is 2.94. The van der Waals surface area contributed by atoms with Gasteiger partial charge < -0.3 is 9.84 Å². The molecule has 0 spiro atoms. The molecule has 2 heterocycles. The normalized spacial score (nSPS) is 19.6. The van der Waals surface area contributed by atoms with Crippen molar-refractivity contribution in [2.45, 2.75) is 50.4 Å². The lowest BCUT2D eigenvalue weighted by molar-refractivity contribution is -0.192. The van der Waals surface area contributed by atoms with Gasteiger partial charge in [-0.2, -0.15) is 25.9 Å². The number of hydrogen-bond donors (Lipinski definition) is 2. The Morgan fingerprint density at radius 1 is 1.07 bits per heavy atom. The Bertz CT molecular complexity index is 1470. The van der Waals surface area contributed by atoms with Crippen LogP contribution in [0.5, 0.6) is 0 Å². The highest BCUT2D eigenvalue weighted by molar-refractivity contribution is 7.87. The molecule has 0 bridgehead atoms. The van der Waals surface area contributed by atoms with E-state index in [4.69, 9.17) is 26.2 Å². The predicted octanol–water partition coefficient (Wildman–Crippen LogP) is 4.25. The van der Waals surface area contributed by atoms with Crippen molar-refractivity contribution in [2.75, 3.05) is 32.8 Å². The summed E-state index contributed by atoms with van der Waals surface area (Å²) in [4.78, 5) is 23.7. The fraction of sp³-hybridized carbons (Fsp3) is 0.481. The highest BCUT2D eigenvalue weighted by Gasteiger charge is 2.38. The number of nitrogens with one attached hydrogen (secondary N) is 1. The van der Waals surface area contributed by atoms with E-state index >= 15 is 4.39 Å². The molecule has 1 amide bonds. The third kappa shape index (κ3) is 8.85. The van der Waals surface area contributed by atoms with Crippen molar-refractivity contribution in [3.05, 3.63) is 69.2 Å². The molecule has 2 aromatic rings. The Morgan fingerprint density at radius 3 is 2.30 bits per heavy atom. The minimum Gasteiger partial charge on any atom is -0.475 e. The number of carboxylic acids is 1. The fourth-order valence-corrected chi connectivity index (χ4v) is 6.16. The van der Waals surface area contributed by atoms with Crippen molar-refractivity contribution in [3.63, 3.8) is 0 Å². The van der Waals surface area contributed by atoms with Crippen LogP contribution in [0, 0.1) is 11.6 Å². The lowest BCUT2D eigenvalue weighted by Gasteiger charge is -2.33. The van der Waals surface area contributed by atoms with E-state index < -0.39 is 34.1 Å². The average Bonchev–Trinajstić information content (AvgIpc) is 3.69. The number of benzene rings is 2. The summed E-state index contributed by atoms with van der Waals surface area (Å²) in [5, 5.41) is 7.49. The number of morpholine rings is 1. The molecule has 0 unspecified atom stereocenters. The van der Waals surface area contributed by atoms with Crippen molar-refractivity contribution >= 4 is 33.7 Å². The second kappa shape index (κ2) is 13.4. The zero-order chi connectivity index (χ0) is 31.5. The van der Waals surface area contributed by atoms with Crippen LogP contribution in [0.15, 0.2) is 30.3 Å². The van der Waals surface area contributed by atoms with Gasteiger partial charge in [0.05, 0.1) is 18.3 Å². The van der Waals surface area contributed by atoms with E-state index in [0.29, 0.717) is 50.8 Å². The predicted molar refractivity (Wildman–Crippen MR) is 145 cm³/mol. The van der Waals surface area contributed by atoms with Gasteiger partial charge in [0, 0.05) is 44.2 Å². The molecule has 2 saturated heterocycles. The van der Waals surface area contributed by atoms with E-state index in [2.05, 4.69) is 4.90 Å². The van der Waals surface area contributed by atoms with Gasteiger partial charge in [0.2, 0.25) is 0 Å². The van der Waals surface area contributed by atoms with Crippen LogP contribution in [0.25, 0.3) is 0 Å². The summed E-state index contributed by atoms with van der Waals surface area (Å²) < 4.78 is 93.8. The maximum Gasteiger partial charge on any atom is 0.490 e. The number of alkyl halides is 3. The third-order valence-corrected chi connectivity index (χ3v) is 9.03. The summed E-state index contributed by atoms with van der Waals surface area (Å²) in [6.07, 6.45) is -2.07. The molecule has 1 saturated carbocycles. The van der Waals surface area contributed by atoms with Crippen LogP contribution in [0.4, 0.5) is 22.0 Å². The molecule has 1 atom stereocenters. The summed E-state index contributed by atoms with van der Waals surface area (Å²) in [6, 6.07) is 7.19. The van der Waals surface area contributed by atoms with E-state index in [9.17, 15) is 30.8 Å². The first-order valence-corrected chi connectivity index (χ1v) is 15.2. The molecule has 3 fully saturated rings. The maximum absolute atomic E-state index is 15.1. The van der Waals surface area contributed by atoms with Crippen LogP contribution >= 0.6 is 11.6 Å². The van der Waals surface area contributed by atoms with Crippen molar-refractivity contribution in [1.82, 2.24) is 13.9 Å². The van der Waals surface area contributed by atoms with Gasteiger partial charge >= 0.3 is 22.4 Å². The molecular formula is C27H29ClF5N3O6S. The van der Waals surface area contributed by atoms with Gasteiger partial charge in [0.25, 0.3) is 5.91 Å². The van der Waals surface area contributed by atoms with Crippen LogP contribution in [-0.2, 0) is 32.7 Å². The molecular weight excluding hydrogens is 625 g/mol. The van der Waals surface area contributed by atoms with Gasteiger partial charge in [0.1, 0.15) is 11.6 Å². The minimum atomic E-state index is -5.08. The molecule has 2 N–H and O–H groups in total. The van der Waals surface area contributed by atoms with Gasteiger partial charge in [-0.1, -0.05) is 17.7 Å². The van der Waals surface area contributed by atoms with E-state index in [1.54, 1.807) is 6.07 Å². The first-order valence-electron chi connectivity index (χ1n) is 13.4. The molecule has 43 heavy (non-hydrogen) atoms. The number of carbonyl (C=O) groups is 2. The van der Waals surface area contributed by atoms with E-state index in [1.165, 1.54) is 24.3 Å². The number of nitrogens with zero attached hydrogens (tertiary/aromatic N) is 2. The Morgan fingerprint density at radius 2 is 1.74 bits per heavy atom. The number of amides is 1. The molecule has 5 rings (SSSR count). The first kappa shape index (κ1) is 33.1. The number of hydrogen-bond acceptors (Lipinski definition) is 6. The number of carboxylic acid groups (broad SMARTS) is 1. The quantitative estimate of drug-likeness (QED) is 0.409. The smallest absolute Gasteiger partial charge is 0.475 e. The van der Waals surface area contributed by atoms with Gasteiger partial charge in [0.15, 0.2) is 0 Å². The molecule has 2 aromatic carbocycles. The molecule has 0 aromatic heterocycles. The van der Waals surface area contributed by atoms with Crippen LogP contribution in [0.3, 0.4) is 0 Å². The van der Waals surface area contributed by atoms with E-state index in [-0.39, 0.29) is 23.4 Å². The Labute approximate surface area is 249 Å². The molecule has 9 nitrogen and oxygen atoms in total. The molecule has 2 aliphatic heterocycles. The average molecular weight is 654 g/mol. The van der Waals surface area contributed by atoms with Crippen molar-refractivity contribution in [2.24, 2.45) is 0 Å². The Kier molecular flexibility index (Phi) is 10.3. The molecule has 16 heteroatoms. The minimum absolute atomic E-state index is 0.146. The second-order valence-corrected chi connectivity index (χ2v) is 12.5. The van der Waals surface area contributed by atoms with Gasteiger partial charge in [-0.25, -0.2) is 18.3 Å². The molecule has 0 radical (unpaired) electrons. The number of carbonyl (C=O) groups excluding carboxylic acids is 1. The monoisotopic (exact) mass is 653 g/mol. The first-order chi connectivity index (χ1) is 20.1. The lowest BCUT2D eigenvalue weighted by atomic mass is 9.98. The molecule has 3 aliphatic rings. The number of halogens is 6. The van der Waals surface area contributed by atoms with Gasteiger partial charge in [-0.3, -0.25) is 9.69 Å². The molecule has 1 aliphatic carbocycles. The van der Waals surface area contributed by atoms with Crippen LogP contribution in [-0.4, -0.2) is 79.7 Å². The maximum atomic E-state index is 15.1. The van der Waals surface area contributed by atoms with Crippen molar-refractivity contribution in [1.29, 1.82) is 0 Å². The van der Waals surface area contributed by atoms with E-state index in [0.717, 1.165) is 40.3 Å². The summed E-state index contributed by atoms with van der Waals surface area (Å²) in [7, 11) is -3.96. The summed E-state index contributed by atoms with van der Waals surface area (Å²) in [5.74, 6) is -4.61. The highest BCUT2D eigenvalue weighted by atomic mass is 35.5. The van der Waals surface area contributed by atoms with Crippen LogP contribution in [0.1, 0.15) is 52.2 Å². The van der Waals surface area contributed by atoms with Crippen LogP contribution in [0.2, 0.25) is 5.02 Å². The second-order valence-electron chi connectivity index (χ2n) is 10.5. The Balaban J connectivity index is 0.000000541. The zero-order valence-electron chi connectivity index (χ0n) is 22.7. The fourth-order valence-electron chi connectivity index (χ4n) is 4.70. The van der Waals surface area contributed by atoms with Crippen molar-refractivity contribution in [3.8, 4) is 0 Å². The van der Waals surface area contributed by atoms with Gasteiger partial charge in [-0.05, 0) is 66.1 Å². The lowest BCUT2D eigenvalue weighted by Crippen LogP contribution is -2.49. The van der Waals surface area contributed by atoms with Crippen molar-refractivity contribution < 1.29 is 49.8 Å². The number of aliphatic carboxylic acids is 1. The topological polar surface area (TPSA) is 116 Å². The largest absolute Gasteiger partial charge is 0.490 e. The zero-order valence-corrected chi connectivity index (χ0v) is 24.2. The standard InChI is InChI=1S/C25H28ClF2N3O4S.C2HF3O2/c26-23-12-19(27)5-4-17(23)10-20-15-30(8-9-35-20)14-18-11-24(28)22(13-21(18)16-2-3-16)25(32)29-36(33,34)31-6-1-7-31;3-2(4,5)1(6)7/h4-5,11-13,16,20H,1-3,6-10,14-15H2,(H,29,32);(H,6,7)/t20-;/m1./s1. The number of ether oxygens (including phenoxy) is 1.